The van der Waals surface area contributed by atoms with Gasteiger partial charge < -0.3 is 14.8 Å². The van der Waals surface area contributed by atoms with Crippen molar-refractivity contribution >= 4 is 11.6 Å². The molecule has 1 aromatic carbocycles. The maximum Gasteiger partial charge on any atom is 0.120 e. The van der Waals surface area contributed by atoms with Gasteiger partial charge in [-0.05, 0) is 31.2 Å². The molecule has 16 heavy (non-hydrogen) atoms. The van der Waals surface area contributed by atoms with Gasteiger partial charge in [-0.25, -0.2) is 0 Å². The summed E-state index contributed by atoms with van der Waals surface area (Å²) in [6.45, 7) is 3.26. The number of rotatable bonds is 8. The Labute approximate surface area is 102 Å². The molecule has 0 saturated heterocycles. The molecule has 0 atom stereocenters. The molecule has 0 saturated carbocycles. The lowest BCUT2D eigenvalue weighted by molar-refractivity contribution is 0.198. The zero-order chi connectivity index (χ0) is 11.6. The number of ether oxygens (including phenoxy) is 2. The molecule has 0 amide bonds. The standard InChI is InChI=1S/C12H18ClNO2/c1-15-9-7-14-6-3-8-16-12-5-2-4-11(13)10-12/h2,4-5,10,14H,3,6-9H2,1H3. The van der Waals surface area contributed by atoms with Gasteiger partial charge in [-0.3, -0.25) is 0 Å². The topological polar surface area (TPSA) is 30.5 Å². The molecule has 0 fully saturated rings. The second-order valence-electron chi connectivity index (χ2n) is 3.40. The molecule has 0 aliphatic heterocycles. The van der Waals surface area contributed by atoms with Crippen LogP contribution in [0.25, 0.3) is 0 Å². The smallest absolute Gasteiger partial charge is 0.120 e. The van der Waals surface area contributed by atoms with Crippen LogP contribution in [0.4, 0.5) is 0 Å². The van der Waals surface area contributed by atoms with E-state index in [-0.39, 0.29) is 0 Å². The van der Waals surface area contributed by atoms with Crippen LogP contribution < -0.4 is 10.1 Å². The van der Waals surface area contributed by atoms with Crippen LogP contribution in [0.15, 0.2) is 24.3 Å². The van der Waals surface area contributed by atoms with Crippen LogP contribution in [0.1, 0.15) is 6.42 Å². The zero-order valence-corrected chi connectivity index (χ0v) is 10.3. The first-order valence-electron chi connectivity index (χ1n) is 5.41. The first-order chi connectivity index (χ1) is 7.83. The van der Waals surface area contributed by atoms with Gasteiger partial charge in [0.05, 0.1) is 13.2 Å². The van der Waals surface area contributed by atoms with E-state index in [0.29, 0.717) is 11.6 Å². The third-order valence-electron chi connectivity index (χ3n) is 2.05. The molecule has 1 N–H and O–H groups in total. The highest BCUT2D eigenvalue weighted by atomic mass is 35.5. The van der Waals surface area contributed by atoms with E-state index in [0.717, 1.165) is 31.9 Å². The summed E-state index contributed by atoms with van der Waals surface area (Å²) in [6, 6.07) is 7.44. The van der Waals surface area contributed by atoms with Crippen LogP contribution in [0.5, 0.6) is 5.75 Å². The Morgan fingerprint density at radius 1 is 1.25 bits per heavy atom. The summed E-state index contributed by atoms with van der Waals surface area (Å²) in [4.78, 5) is 0. The van der Waals surface area contributed by atoms with Gasteiger partial charge in [0, 0.05) is 18.7 Å². The van der Waals surface area contributed by atoms with Crippen molar-refractivity contribution in [3.63, 3.8) is 0 Å². The average molecular weight is 244 g/mol. The van der Waals surface area contributed by atoms with Crippen molar-refractivity contribution in [3.05, 3.63) is 29.3 Å². The van der Waals surface area contributed by atoms with E-state index < -0.39 is 0 Å². The Hall–Kier alpha value is -0.770. The van der Waals surface area contributed by atoms with Crippen LogP contribution >= 0.6 is 11.6 Å². The van der Waals surface area contributed by atoms with Crippen molar-refractivity contribution < 1.29 is 9.47 Å². The highest BCUT2D eigenvalue weighted by Crippen LogP contribution is 2.16. The van der Waals surface area contributed by atoms with Crippen molar-refractivity contribution in [1.29, 1.82) is 0 Å². The minimum atomic E-state index is 0.695. The maximum atomic E-state index is 5.84. The predicted molar refractivity (Wildman–Crippen MR) is 66.3 cm³/mol. The first kappa shape index (κ1) is 13.3. The highest BCUT2D eigenvalue weighted by Gasteiger charge is 1.94. The largest absolute Gasteiger partial charge is 0.493 e. The van der Waals surface area contributed by atoms with E-state index in [2.05, 4.69) is 5.32 Å². The van der Waals surface area contributed by atoms with Gasteiger partial charge >= 0.3 is 0 Å². The van der Waals surface area contributed by atoms with Gasteiger partial charge in [-0.15, -0.1) is 0 Å². The molecule has 0 aliphatic carbocycles. The van der Waals surface area contributed by atoms with E-state index >= 15 is 0 Å². The van der Waals surface area contributed by atoms with E-state index in [1.165, 1.54) is 0 Å². The van der Waals surface area contributed by atoms with Gasteiger partial charge in [-0.1, -0.05) is 17.7 Å². The van der Waals surface area contributed by atoms with Crippen molar-refractivity contribution in [2.45, 2.75) is 6.42 Å². The monoisotopic (exact) mass is 243 g/mol. The molecule has 1 rings (SSSR count). The molecule has 3 nitrogen and oxygen atoms in total. The second kappa shape index (κ2) is 8.39. The fraction of sp³-hybridized carbons (Fsp3) is 0.500. The lowest BCUT2D eigenvalue weighted by Gasteiger charge is -2.07. The summed E-state index contributed by atoms with van der Waals surface area (Å²) in [5.74, 6) is 0.824. The summed E-state index contributed by atoms with van der Waals surface area (Å²) >= 11 is 5.84. The molecule has 0 bridgehead atoms. The Morgan fingerprint density at radius 3 is 2.88 bits per heavy atom. The number of nitrogens with one attached hydrogen (secondary N) is 1. The number of methoxy groups -OCH3 is 1. The van der Waals surface area contributed by atoms with Gasteiger partial charge in [0.15, 0.2) is 0 Å². The summed E-state index contributed by atoms with van der Waals surface area (Å²) in [5, 5.41) is 3.96. The molecular weight excluding hydrogens is 226 g/mol. The predicted octanol–water partition coefficient (Wildman–Crippen LogP) is 2.34. The summed E-state index contributed by atoms with van der Waals surface area (Å²) in [6.07, 6.45) is 0.968. The second-order valence-corrected chi connectivity index (χ2v) is 3.84. The molecule has 0 aliphatic rings. The van der Waals surface area contributed by atoms with Gasteiger partial charge in [0.25, 0.3) is 0 Å². The highest BCUT2D eigenvalue weighted by molar-refractivity contribution is 6.30. The van der Waals surface area contributed by atoms with Crippen LogP contribution in [-0.2, 0) is 4.74 Å². The molecule has 90 valence electrons. The van der Waals surface area contributed by atoms with E-state index in [9.17, 15) is 0 Å². The van der Waals surface area contributed by atoms with Gasteiger partial charge in [0.2, 0.25) is 0 Å². The number of halogens is 1. The minimum absolute atomic E-state index is 0.695. The van der Waals surface area contributed by atoms with Crippen LogP contribution in [0, 0.1) is 0 Å². The molecule has 1 aromatic rings. The SMILES string of the molecule is COCCNCCCOc1cccc(Cl)c1. The van der Waals surface area contributed by atoms with Gasteiger partial charge in [-0.2, -0.15) is 0 Å². The average Bonchev–Trinajstić information content (AvgIpc) is 2.28. The van der Waals surface area contributed by atoms with Crippen molar-refractivity contribution in [1.82, 2.24) is 5.32 Å². The summed E-state index contributed by atoms with van der Waals surface area (Å²) in [5.41, 5.74) is 0. The third kappa shape index (κ3) is 5.95. The Kier molecular flexibility index (Phi) is 6.97. The van der Waals surface area contributed by atoms with Crippen molar-refractivity contribution in [3.8, 4) is 5.75 Å². The number of hydrogen-bond donors (Lipinski definition) is 1. The minimum Gasteiger partial charge on any atom is -0.493 e. The molecule has 0 radical (unpaired) electrons. The Morgan fingerprint density at radius 2 is 2.12 bits per heavy atom. The third-order valence-corrected chi connectivity index (χ3v) is 2.28. The quantitative estimate of drug-likeness (QED) is 0.711. The van der Waals surface area contributed by atoms with Gasteiger partial charge in [0.1, 0.15) is 5.75 Å². The fourth-order valence-corrected chi connectivity index (χ4v) is 1.42. The summed E-state index contributed by atoms with van der Waals surface area (Å²) in [7, 11) is 1.70. The normalized spacial score (nSPS) is 10.4. The van der Waals surface area contributed by atoms with Crippen LogP contribution in [-0.4, -0.2) is 33.4 Å². The number of benzene rings is 1. The zero-order valence-electron chi connectivity index (χ0n) is 9.54. The van der Waals surface area contributed by atoms with E-state index in [1.54, 1.807) is 7.11 Å². The summed E-state index contributed by atoms with van der Waals surface area (Å²) < 4.78 is 10.5. The molecule has 0 spiro atoms. The molecular formula is C12H18ClNO2. The van der Waals surface area contributed by atoms with Crippen LogP contribution in [0.3, 0.4) is 0 Å². The molecule has 0 heterocycles. The maximum absolute atomic E-state index is 5.84. The van der Waals surface area contributed by atoms with Crippen molar-refractivity contribution in [2.75, 3.05) is 33.4 Å². The van der Waals surface area contributed by atoms with E-state index in [4.69, 9.17) is 21.1 Å². The Bertz CT molecular complexity index is 294. The van der Waals surface area contributed by atoms with E-state index in [1.807, 2.05) is 24.3 Å². The molecule has 0 unspecified atom stereocenters. The van der Waals surface area contributed by atoms with Crippen molar-refractivity contribution in [2.24, 2.45) is 0 Å². The lowest BCUT2D eigenvalue weighted by atomic mass is 10.3. The molecule has 0 aromatic heterocycles. The first-order valence-corrected chi connectivity index (χ1v) is 5.79. The Balaban J connectivity index is 2.03. The fourth-order valence-electron chi connectivity index (χ4n) is 1.24. The molecule has 4 heteroatoms. The van der Waals surface area contributed by atoms with Crippen LogP contribution in [0.2, 0.25) is 5.02 Å². The number of hydrogen-bond acceptors (Lipinski definition) is 3. The lowest BCUT2D eigenvalue weighted by Crippen LogP contribution is -2.21.